The summed E-state index contributed by atoms with van der Waals surface area (Å²) >= 11 is 0. The molecular weight excluding hydrogens is 152 g/mol. The Labute approximate surface area is 72.2 Å². The Bertz CT molecular complexity index is 253. The molecule has 0 atom stereocenters. The van der Waals surface area contributed by atoms with Crippen molar-refractivity contribution in [1.82, 2.24) is 10.3 Å². The fourth-order valence-electron chi connectivity index (χ4n) is 1.28. The third kappa shape index (κ3) is 1.85. The smallest absolute Gasteiger partial charge is 0.208 e. The van der Waals surface area contributed by atoms with E-state index in [1.54, 1.807) is 0 Å². The van der Waals surface area contributed by atoms with Gasteiger partial charge in [0.25, 0.3) is 0 Å². The lowest BCUT2D eigenvalue weighted by Crippen LogP contribution is -2.04. The van der Waals surface area contributed by atoms with Crippen molar-refractivity contribution in [1.29, 1.82) is 0 Å². The lowest BCUT2D eigenvalue weighted by Gasteiger charge is -1.92. The number of rotatable bonds is 4. The Morgan fingerprint density at radius 2 is 2.50 bits per heavy atom. The SMILES string of the molecule is CNCc1ncc(CC2CC2)o1. The van der Waals surface area contributed by atoms with Gasteiger partial charge in [0, 0.05) is 6.42 Å². The van der Waals surface area contributed by atoms with Crippen LogP contribution in [0.4, 0.5) is 0 Å². The molecule has 1 N–H and O–H groups in total. The van der Waals surface area contributed by atoms with Gasteiger partial charge in [-0.15, -0.1) is 0 Å². The second-order valence-corrected chi connectivity index (χ2v) is 3.40. The molecule has 0 amide bonds. The summed E-state index contributed by atoms with van der Waals surface area (Å²) in [6.07, 6.45) is 5.66. The minimum atomic E-state index is 0.727. The van der Waals surface area contributed by atoms with Crippen LogP contribution >= 0.6 is 0 Å². The van der Waals surface area contributed by atoms with E-state index in [9.17, 15) is 0 Å². The van der Waals surface area contributed by atoms with Crippen molar-refractivity contribution < 1.29 is 4.42 Å². The number of oxazole rings is 1. The van der Waals surface area contributed by atoms with Gasteiger partial charge in [0.05, 0.1) is 12.7 Å². The van der Waals surface area contributed by atoms with Crippen LogP contribution in [0.15, 0.2) is 10.6 Å². The molecule has 1 heterocycles. The molecule has 3 nitrogen and oxygen atoms in total. The van der Waals surface area contributed by atoms with Gasteiger partial charge in [0.2, 0.25) is 5.89 Å². The van der Waals surface area contributed by atoms with Gasteiger partial charge in [-0.3, -0.25) is 0 Å². The van der Waals surface area contributed by atoms with E-state index < -0.39 is 0 Å². The molecule has 12 heavy (non-hydrogen) atoms. The van der Waals surface area contributed by atoms with Crippen molar-refractivity contribution in [2.24, 2.45) is 5.92 Å². The van der Waals surface area contributed by atoms with Crippen LogP contribution in [0.5, 0.6) is 0 Å². The maximum Gasteiger partial charge on any atom is 0.208 e. The van der Waals surface area contributed by atoms with Gasteiger partial charge in [-0.1, -0.05) is 0 Å². The maximum absolute atomic E-state index is 5.50. The van der Waals surface area contributed by atoms with Gasteiger partial charge in [-0.05, 0) is 25.8 Å². The van der Waals surface area contributed by atoms with Crippen molar-refractivity contribution in [2.75, 3.05) is 7.05 Å². The summed E-state index contributed by atoms with van der Waals surface area (Å²) in [6, 6.07) is 0. The zero-order chi connectivity index (χ0) is 8.39. The summed E-state index contributed by atoms with van der Waals surface area (Å²) in [6.45, 7) is 0.727. The van der Waals surface area contributed by atoms with E-state index in [1.165, 1.54) is 12.8 Å². The highest BCUT2D eigenvalue weighted by molar-refractivity contribution is 4.97. The molecule has 1 aliphatic rings. The molecule has 1 fully saturated rings. The van der Waals surface area contributed by atoms with Crippen molar-refractivity contribution in [3.63, 3.8) is 0 Å². The Balaban J connectivity index is 1.92. The van der Waals surface area contributed by atoms with E-state index in [2.05, 4.69) is 10.3 Å². The van der Waals surface area contributed by atoms with Crippen LogP contribution in [0.1, 0.15) is 24.5 Å². The zero-order valence-electron chi connectivity index (χ0n) is 7.34. The average molecular weight is 166 g/mol. The molecule has 0 radical (unpaired) electrons. The highest BCUT2D eigenvalue weighted by Crippen LogP contribution is 2.32. The summed E-state index contributed by atoms with van der Waals surface area (Å²) in [5, 5.41) is 3.01. The first-order valence-electron chi connectivity index (χ1n) is 4.46. The van der Waals surface area contributed by atoms with Crippen molar-refractivity contribution in [3.8, 4) is 0 Å². The number of aromatic nitrogens is 1. The third-order valence-electron chi connectivity index (χ3n) is 2.12. The van der Waals surface area contributed by atoms with E-state index in [-0.39, 0.29) is 0 Å². The number of nitrogens with zero attached hydrogens (tertiary/aromatic N) is 1. The second kappa shape index (κ2) is 3.27. The predicted molar refractivity (Wildman–Crippen MR) is 45.7 cm³/mol. The standard InChI is InChI=1S/C9H14N2O/c1-10-6-9-11-5-8(12-9)4-7-2-3-7/h5,7,10H,2-4,6H2,1H3. The molecule has 1 saturated carbocycles. The normalized spacial score (nSPS) is 16.8. The van der Waals surface area contributed by atoms with E-state index in [1.807, 2.05) is 13.2 Å². The molecule has 3 heteroatoms. The van der Waals surface area contributed by atoms with Crippen LogP contribution in [-0.2, 0) is 13.0 Å². The van der Waals surface area contributed by atoms with E-state index in [4.69, 9.17) is 4.42 Å². The first kappa shape index (κ1) is 7.80. The summed E-state index contributed by atoms with van der Waals surface area (Å²) in [7, 11) is 1.89. The van der Waals surface area contributed by atoms with Crippen molar-refractivity contribution >= 4 is 0 Å². The Hall–Kier alpha value is -0.830. The van der Waals surface area contributed by atoms with E-state index >= 15 is 0 Å². The Kier molecular flexibility index (Phi) is 2.13. The summed E-state index contributed by atoms with van der Waals surface area (Å²) in [5.41, 5.74) is 0. The van der Waals surface area contributed by atoms with Gasteiger partial charge >= 0.3 is 0 Å². The topological polar surface area (TPSA) is 38.1 Å². The van der Waals surface area contributed by atoms with Gasteiger partial charge in [0.1, 0.15) is 5.76 Å². The molecule has 0 spiro atoms. The van der Waals surface area contributed by atoms with Crippen LogP contribution < -0.4 is 5.32 Å². The second-order valence-electron chi connectivity index (χ2n) is 3.40. The van der Waals surface area contributed by atoms with Crippen molar-refractivity contribution in [3.05, 3.63) is 17.8 Å². The van der Waals surface area contributed by atoms with Crippen LogP contribution in [0.25, 0.3) is 0 Å². The summed E-state index contributed by atoms with van der Waals surface area (Å²) < 4.78 is 5.50. The monoisotopic (exact) mass is 166 g/mol. The largest absolute Gasteiger partial charge is 0.444 e. The fourth-order valence-corrected chi connectivity index (χ4v) is 1.28. The van der Waals surface area contributed by atoms with Gasteiger partial charge < -0.3 is 9.73 Å². The minimum absolute atomic E-state index is 0.727. The molecule has 0 bridgehead atoms. The van der Waals surface area contributed by atoms with Crippen LogP contribution in [0.2, 0.25) is 0 Å². The lowest BCUT2D eigenvalue weighted by atomic mass is 10.2. The molecule has 1 aliphatic carbocycles. The zero-order valence-corrected chi connectivity index (χ0v) is 7.34. The summed E-state index contributed by atoms with van der Waals surface area (Å²) in [4.78, 5) is 4.16. The highest BCUT2D eigenvalue weighted by atomic mass is 16.4. The van der Waals surface area contributed by atoms with Crippen molar-refractivity contribution in [2.45, 2.75) is 25.8 Å². The molecular formula is C9H14N2O. The van der Waals surface area contributed by atoms with E-state index in [0.717, 1.165) is 30.5 Å². The molecule has 0 aromatic carbocycles. The average Bonchev–Trinajstić information content (AvgIpc) is 2.74. The van der Waals surface area contributed by atoms with Crippen LogP contribution in [-0.4, -0.2) is 12.0 Å². The number of nitrogens with one attached hydrogen (secondary N) is 1. The van der Waals surface area contributed by atoms with Gasteiger partial charge in [-0.25, -0.2) is 4.98 Å². The number of hydrogen-bond acceptors (Lipinski definition) is 3. The Morgan fingerprint density at radius 3 is 3.17 bits per heavy atom. The quantitative estimate of drug-likeness (QED) is 0.733. The first-order valence-corrected chi connectivity index (χ1v) is 4.46. The predicted octanol–water partition coefficient (Wildman–Crippen LogP) is 1.35. The first-order chi connectivity index (χ1) is 5.88. The molecule has 66 valence electrons. The minimum Gasteiger partial charge on any atom is -0.444 e. The van der Waals surface area contributed by atoms with Gasteiger partial charge in [0.15, 0.2) is 0 Å². The van der Waals surface area contributed by atoms with Crippen LogP contribution in [0.3, 0.4) is 0 Å². The molecule has 2 rings (SSSR count). The number of hydrogen-bond donors (Lipinski definition) is 1. The Morgan fingerprint density at radius 1 is 1.67 bits per heavy atom. The maximum atomic E-state index is 5.50. The summed E-state index contributed by atoms with van der Waals surface area (Å²) in [5.74, 6) is 2.72. The van der Waals surface area contributed by atoms with E-state index in [0.29, 0.717) is 0 Å². The fraction of sp³-hybridized carbons (Fsp3) is 0.667. The lowest BCUT2D eigenvalue weighted by molar-refractivity contribution is 0.437. The molecule has 1 aromatic heterocycles. The molecule has 0 aliphatic heterocycles. The molecule has 0 saturated heterocycles. The molecule has 1 aromatic rings. The van der Waals surface area contributed by atoms with Gasteiger partial charge in [-0.2, -0.15) is 0 Å². The van der Waals surface area contributed by atoms with Crippen LogP contribution in [0, 0.1) is 5.92 Å². The molecule has 0 unspecified atom stereocenters. The highest BCUT2D eigenvalue weighted by Gasteiger charge is 2.23. The third-order valence-corrected chi connectivity index (χ3v) is 2.12.